The zero-order valence-electron chi connectivity index (χ0n) is 9.65. The third kappa shape index (κ3) is 2.93. The molecule has 4 heteroatoms. The third-order valence-electron chi connectivity index (χ3n) is 2.78. The molecule has 0 saturated carbocycles. The first-order valence-electron chi connectivity index (χ1n) is 5.71. The van der Waals surface area contributed by atoms with Crippen LogP contribution in [-0.2, 0) is 11.3 Å². The molecule has 88 valence electrons. The Morgan fingerprint density at radius 2 is 2.25 bits per heavy atom. The van der Waals surface area contributed by atoms with E-state index in [1.54, 1.807) is 6.07 Å². The number of hydrogen-bond donors (Lipinski definition) is 1. The van der Waals surface area contributed by atoms with E-state index in [-0.39, 0.29) is 5.75 Å². The average molecular weight is 222 g/mol. The molecule has 1 aliphatic heterocycles. The molecule has 1 aromatic heterocycles. The number of aromatic hydroxyl groups is 1. The van der Waals surface area contributed by atoms with Crippen molar-refractivity contribution in [3.63, 3.8) is 0 Å². The smallest absolute Gasteiger partial charge is 0.138 e. The van der Waals surface area contributed by atoms with Gasteiger partial charge in [-0.2, -0.15) is 0 Å². The van der Waals surface area contributed by atoms with Crippen LogP contribution in [0.1, 0.15) is 17.8 Å². The van der Waals surface area contributed by atoms with Gasteiger partial charge in [-0.05, 0) is 25.5 Å². The minimum absolute atomic E-state index is 0.288. The summed E-state index contributed by atoms with van der Waals surface area (Å²) in [5.74, 6) is 0.288. The van der Waals surface area contributed by atoms with Gasteiger partial charge in [0.15, 0.2) is 0 Å². The van der Waals surface area contributed by atoms with Gasteiger partial charge in [0.25, 0.3) is 0 Å². The Morgan fingerprint density at radius 3 is 3.12 bits per heavy atom. The van der Waals surface area contributed by atoms with Crippen molar-refractivity contribution in [1.29, 1.82) is 0 Å². The molecular weight excluding hydrogens is 204 g/mol. The monoisotopic (exact) mass is 222 g/mol. The summed E-state index contributed by atoms with van der Waals surface area (Å²) in [6.07, 6.45) is 1.05. The Labute approximate surface area is 95.9 Å². The Kier molecular flexibility index (Phi) is 3.74. The maximum Gasteiger partial charge on any atom is 0.138 e. The lowest BCUT2D eigenvalue weighted by Gasteiger charge is -2.19. The second-order valence-electron chi connectivity index (χ2n) is 4.16. The van der Waals surface area contributed by atoms with E-state index in [0.717, 1.165) is 44.1 Å². The van der Waals surface area contributed by atoms with E-state index in [1.807, 2.05) is 13.0 Å². The summed E-state index contributed by atoms with van der Waals surface area (Å²) in [5, 5.41) is 9.72. The summed E-state index contributed by atoms with van der Waals surface area (Å²) >= 11 is 0. The quantitative estimate of drug-likeness (QED) is 0.819. The van der Waals surface area contributed by atoms with E-state index in [1.165, 1.54) is 0 Å². The van der Waals surface area contributed by atoms with Crippen LogP contribution in [-0.4, -0.2) is 41.3 Å². The van der Waals surface area contributed by atoms with Crippen molar-refractivity contribution >= 4 is 0 Å². The molecule has 4 nitrogen and oxygen atoms in total. The minimum Gasteiger partial charge on any atom is -0.506 e. The van der Waals surface area contributed by atoms with Crippen molar-refractivity contribution in [2.45, 2.75) is 19.9 Å². The molecule has 1 aromatic rings. The predicted octanol–water partition coefficient (Wildman–Crippen LogP) is 1.32. The summed E-state index contributed by atoms with van der Waals surface area (Å²) in [4.78, 5) is 6.64. The number of ether oxygens (including phenoxy) is 1. The van der Waals surface area contributed by atoms with Crippen molar-refractivity contribution in [2.75, 3.05) is 26.3 Å². The molecule has 0 bridgehead atoms. The normalized spacial score (nSPS) is 18.3. The van der Waals surface area contributed by atoms with Crippen LogP contribution in [0, 0.1) is 6.92 Å². The van der Waals surface area contributed by atoms with Crippen LogP contribution in [0.2, 0.25) is 0 Å². The Morgan fingerprint density at radius 1 is 1.38 bits per heavy atom. The first-order chi connectivity index (χ1) is 7.75. The number of hydrogen-bond acceptors (Lipinski definition) is 4. The van der Waals surface area contributed by atoms with Crippen LogP contribution in [0.4, 0.5) is 0 Å². The second-order valence-corrected chi connectivity index (χ2v) is 4.16. The summed E-state index contributed by atoms with van der Waals surface area (Å²) in [6, 6.07) is 3.54. The summed E-state index contributed by atoms with van der Waals surface area (Å²) < 4.78 is 5.39. The average Bonchev–Trinajstić information content (AvgIpc) is 2.52. The van der Waals surface area contributed by atoms with Gasteiger partial charge in [-0.1, -0.05) is 0 Å². The number of aromatic nitrogens is 1. The zero-order chi connectivity index (χ0) is 11.4. The van der Waals surface area contributed by atoms with Gasteiger partial charge in [0.1, 0.15) is 5.75 Å². The molecule has 2 rings (SSSR count). The molecule has 0 aromatic carbocycles. The largest absolute Gasteiger partial charge is 0.506 e. The van der Waals surface area contributed by atoms with Gasteiger partial charge in [-0.25, -0.2) is 0 Å². The number of nitrogens with zero attached hydrogens (tertiary/aromatic N) is 2. The topological polar surface area (TPSA) is 45.6 Å². The highest BCUT2D eigenvalue weighted by Gasteiger charge is 2.12. The molecule has 0 aliphatic carbocycles. The van der Waals surface area contributed by atoms with Gasteiger partial charge in [-0.15, -0.1) is 0 Å². The van der Waals surface area contributed by atoms with Crippen molar-refractivity contribution < 1.29 is 9.84 Å². The maximum absolute atomic E-state index is 9.72. The van der Waals surface area contributed by atoms with Crippen LogP contribution in [0.25, 0.3) is 0 Å². The predicted molar refractivity (Wildman–Crippen MR) is 61.4 cm³/mol. The maximum atomic E-state index is 9.72. The Bertz CT molecular complexity index is 347. The molecule has 1 N–H and O–H groups in total. The van der Waals surface area contributed by atoms with Crippen LogP contribution in [0.15, 0.2) is 12.1 Å². The lowest BCUT2D eigenvalue weighted by atomic mass is 10.2. The fourth-order valence-electron chi connectivity index (χ4n) is 1.89. The van der Waals surface area contributed by atoms with Gasteiger partial charge in [0.2, 0.25) is 0 Å². The van der Waals surface area contributed by atoms with Crippen molar-refractivity contribution in [2.24, 2.45) is 0 Å². The molecule has 0 unspecified atom stereocenters. The first kappa shape index (κ1) is 11.4. The fraction of sp³-hybridized carbons (Fsp3) is 0.583. The number of pyridine rings is 1. The van der Waals surface area contributed by atoms with E-state index >= 15 is 0 Å². The fourth-order valence-corrected chi connectivity index (χ4v) is 1.89. The molecule has 0 radical (unpaired) electrons. The Hall–Kier alpha value is -1.13. The Balaban J connectivity index is 2.04. The molecule has 16 heavy (non-hydrogen) atoms. The summed E-state index contributed by atoms with van der Waals surface area (Å²) in [5.41, 5.74) is 1.71. The minimum atomic E-state index is 0.288. The van der Waals surface area contributed by atoms with E-state index in [9.17, 15) is 5.11 Å². The number of rotatable bonds is 2. The zero-order valence-corrected chi connectivity index (χ0v) is 9.65. The standard InChI is InChI=1S/C12H18N2O2/c1-10-3-4-12(15)11(13-10)9-14-5-2-7-16-8-6-14/h3-4,15H,2,5-9H2,1H3. The van der Waals surface area contributed by atoms with Crippen LogP contribution in [0.5, 0.6) is 5.75 Å². The molecule has 2 heterocycles. The van der Waals surface area contributed by atoms with E-state index < -0.39 is 0 Å². The first-order valence-corrected chi connectivity index (χ1v) is 5.71. The van der Waals surface area contributed by atoms with Crippen molar-refractivity contribution in [3.05, 3.63) is 23.5 Å². The van der Waals surface area contributed by atoms with Gasteiger partial charge in [0, 0.05) is 31.9 Å². The van der Waals surface area contributed by atoms with Crippen LogP contribution in [0.3, 0.4) is 0 Å². The van der Waals surface area contributed by atoms with Gasteiger partial charge in [-0.3, -0.25) is 9.88 Å². The lowest BCUT2D eigenvalue weighted by Crippen LogP contribution is -2.26. The lowest BCUT2D eigenvalue weighted by molar-refractivity contribution is 0.140. The highest BCUT2D eigenvalue weighted by atomic mass is 16.5. The van der Waals surface area contributed by atoms with E-state index in [4.69, 9.17) is 4.74 Å². The molecular formula is C12H18N2O2. The van der Waals surface area contributed by atoms with Gasteiger partial charge >= 0.3 is 0 Å². The van der Waals surface area contributed by atoms with Crippen molar-refractivity contribution in [3.8, 4) is 5.75 Å². The van der Waals surface area contributed by atoms with Gasteiger partial charge in [0.05, 0.1) is 12.3 Å². The molecule has 0 amide bonds. The molecule has 1 fully saturated rings. The molecule has 0 spiro atoms. The van der Waals surface area contributed by atoms with E-state index in [0.29, 0.717) is 6.54 Å². The van der Waals surface area contributed by atoms with Crippen LogP contribution < -0.4 is 0 Å². The second kappa shape index (κ2) is 5.27. The SMILES string of the molecule is Cc1ccc(O)c(CN2CCCOCC2)n1. The van der Waals surface area contributed by atoms with Crippen LogP contribution >= 0.6 is 0 Å². The van der Waals surface area contributed by atoms with Crippen molar-refractivity contribution in [1.82, 2.24) is 9.88 Å². The molecule has 1 aliphatic rings. The highest BCUT2D eigenvalue weighted by molar-refractivity contribution is 5.27. The van der Waals surface area contributed by atoms with E-state index in [2.05, 4.69) is 9.88 Å². The summed E-state index contributed by atoms with van der Waals surface area (Å²) in [6.45, 7) is 6.17. The third-order valence-corrected chi connectivity index (χ3v) is 2.78. The molecule has 0 atom stereocenters. The molecule has 1 saturated heterocycles. The highest BCUT2D eigenvalue weighted by Crippen LogP contribution is 2.17. The van der Waals surface area contributed by atoms with Gasteiger partial charge < -0.3 is 9.84 Å². The summed E-state index contributed by atoms with van der Waals surface area (Å²) in [7, 11) is 0. The number of aryl methyl sites for hydroxylation is 1.